The highest BCUT2D eigenvalue weighted by Gasteiger charge is 2.42. The Hall–Kier alpha value is -1.36. The van der Waals surface area contributed by atoms with Gasteiger partial charge in [0.1, 0.15) is 5.76 Å². The first-order valence-corrected chi connectivity index (χ1v) is 9.15. The van der Waals surface area contributed by atoms with E-state index in [0.29, 0.717) is 17.7 Å². The van der Waals surface area contributed by atoms with E-state index < -0.39 is 0 Å². The van der Waals surface area contributed by atoms with Gasteiger partial charge in [-0.3, -0.25) is 9.69 Å². The third kappa shape index (κ3) is 2.91. The van der Waals surface area contributed by atoms with Crippen LogP contribution in [0.25, 0.3) is 0 Å². The zero-order valence-corrected chi connectivity index (χ0v) is 14.2. The number of nitrogens with zero attached hydrogens (tertiary/aromatic N) is 3. The summed E-state index contributed by atoms with van der Waals surface area (Å²) < 4.78 is 5.30. The summed E-state index contributed by atoms with van der Waals surface area (Å²) >= 11 is 0. The predicted molar refractivity (Wildman–Crippen MR) is 87.4 cm³/mol. The maximum atomic E-state index is 12.7. The van der Waals surface area contributed by atoms with Crippen LogP contribution < -0.4 is 0 Å². The van der Waals surface area contributed by atoms with E-state index in [2.05, 4.69) is 23.9 Å². The number of hydrogen-bond donors (Lipinski definition) is 0. The van der Waals surface area contributed by atoms with Crippen LogP contribution in [-0.2, 0) is 0 Å². The van der Waals surface area contributed by atoms with Crippen molar-refractivity contribution in [1.29, 1.82) is 0 Å². The van der Waals surface area contributed by atoms with Crippen LogP contribution in [0.4, 0.5) is 0 Å². The van der Waals surface area contributed by atoms with Crippen LogP contribution in [0.3, 0.4) is 0 Å². The van der Waals surface area contributed by atoms with E-state index in [4.69, 9.17) is 4.52 Å². The summed E-state index contributed by atoms with van der Waals surface area (Å²) in [5, 5.41) is 3.99. The van der Waals surface area contributed by atoms with Gasteiger partial charge in [0.25, 0.3) is 5.91 Å². The Kier molecular flexibility index (Phi) is 3.92. The van der Waals surface area contributed by atoms with Crippen molar-refractivity contribution in [3.05, 3.63) is 17.5 Å². The van der Waals surface area contributed by atoms with Gasteiger partial charge in [-0.2, -0.15) is 0 Å². The van der Waals surface area contributed by atoms with E-state index in [9.17, 15) is 4.79 Å². The van der Waals surface area contributed by atoms with Gasteiger partial charge >= 0.3 is 0 Å². The van der Waals surface area contributed by atoms with Gasteiger partial charge in [-0.25, -0.2) is 0 Å². The number of carbonyl (C=O) groups excluding carboxylic acids is 1. The molecule has 2 unspecified atom stereocenters. The summed E-state index contributed by atoms with van der Waals surface area (Å²) in [6.45, 7) is 7.11. The normalized spacial score (nSPS) is 28.9. The lowest BCUT2D eigenvalue weighted by molar-refractivity contribution is 0.0170. The van der Waals surface area contributed by atoms with Gasteiger partial charge in [-0.1, -0.05) is 19.0 Å². The van der Waals surface area contributed by atoms with Gasteiger partial charge < -0.3 is 9.42 Å². The number of hydrogen-bond acceptors (Lipinski definition) is 4. The Labute approximate surface area is 138 Å². The van der Waals surface area contributed by atoms with E-state index in [1.165, 1.54) is 32.2 Å². The maximum absolute atomic E-state index is 12.7. The number of fused-ring (bicyclic) bond motifs is 1. The molecule has 126 valence electrons. The lowest BCUT2D eigenvalue weighted by Gasteiger charge is -2.47. The molecule has 2 saturated heterocycles. The van der Waals surface area contributed by atoms with Crippen LogP contribution in [0.5, 0.6) is 0 Å². The predicted octanol–water partition coefficient (Wildman–Crippen LogP) is 2.89. The van der Waals surface area contributed by atoms with Crippen LogP contribution in [0.1, 0.15) is 68.1 Å². The number of aromatic nitrogens is 1. The monoisotopic (exact) mass is 317 g/mol. The van der Waals surface area contributed by atoms with Gasteiger partial charge in [0.15, 0.2) is 5.69 Å². The Balaban J connectivity index is 1.43. The fourth-order valence-electron chi connectivity index (χ4n) is 4.31. The topological polar surface area (TPSA) is 49.6 Å². The van der Waals surface area contributed by atoms with E-state index >= 15 is 0 Å². The second-order valence-electron chi connectivity index (χ2n) is 7.75. The lowest BCUT2D eigenvalue weighted by atomic mass is 9.83. The van der Waals surface area contributed by atoms with Crippen LogP contribution in [0.15, 0.2) is 10.6 Å². The average Bonchev–Trinajstić information content (AvgIpc) is 3.28. The molecule has 1 aromatic rings. The maximum Gasteiger partial charge on any atom is 0.276 e. The summed E-state index contributed by atoms with van der Waals surface area (Å²) in [4.78, 5) is 17.5. The highest BCUT2D eigenvalue weighted by Crippen LogP contribution is 2.38. The third-order valence-corrected chi connectivity index (χ3v) is 5.73. The van der Waals surface area contributed by atoms with Crippen molar-refractivity contribution in [1.82, 2.24) is 15.0 Å². The van der Waals surface area contributed by atoms with Crippen molar-refractivity contribution in [3.63, 3.8) is 0 Å². The van der Waals surface area contributed by atoms with Crippen molar-refractivity contribution >= 4 is 5.91 Å². The number of carbonyl (C=O) groups is 1. The second kappa shape index (κ2) is 5.93. The zero-order valence-electron chi connectivity index (χ0n) is 14.2. The van der Waals surface area contributed by atoms with E-state index in [-0.39, 0.29) is 11.8 Å². The smallest absolute Gasteiger partial charge is 0.276 e. The van der Waals surface area contributed by atoms with E-state index in [0.717, 1.165) is 31.3 Å². The summed E-state index contributed by atoms with van der Waals surface area (Å²) in [7, 11) is 0. The van der Waals surface area contributed by atoms with Crippen molar-refractivity contribution in [2.24, 2.45) is 5.92 Å². The number of piperidine rings is 2. The molecule has 3 aliphatic rings. The number of likely N-dealkylation sites (tertiary alicyclic amines) is 2. The summed E-state index contributed by atoms with van der Waals surface area (Å²) in [6.07, 6.45) is 6.41. The van der Waals surface area contributed by atoms with Gasteiger partial charge in [0.05, 0.1) is 0 Å². The first-order chi connectivity index (χ1) is 11.1. The molecule has 5 nitrogen and oxygen atoms in total. The quantitative estimate of drug-likeness (QED) is 0.860. The van der Waals surface area contributed by atoms with Crippen LogP contribution in [0.2, 0.25) is 0 Å². The summed E-state index contributed by atoms with van der Waals surface area (Å²) in [5.74, 6) is 1.74. The molecule has 0 bridgehead atoms. The first kappa shape index (κ1) is 15.2. The number of rotatable bonds is 3. The molecule has 1 saturated carbocycles. The van der Waals surface area contributed by atoms with Gasteiger partial charge in [0.2, 0.25) is 0 Å². The first-order valence-electron chi connectivity index (χ1n) is 9.15. The fourth-order valence-corrected chi connectivity index (χ4v) is 4.31. The Morgan fingerprint density at radius 1 is 1.26 bits per heavy atom. The third-order valence-electron chi connectivity index (χ3n) is 5.73. The van der Waals surface area contributed by atoms with Gasteiger partial charge in [0, 0.05) is 37.2 Å². The molecule has 4 rings (SSSR count). The highest BCUT2D eigenvalue weighted by molar-refractivity contribution is 5.92. The summed E-state index contributed by atoms with van der Waals surface area (Å²) in [6, 6.07) is 3.36. The highest BCUT2D eigenvalue weighted by atomic mass is 16.5. The van der Waals surface area contributed by atoms with E-state index in [1.54, 1.807) is 0 Å². The van der Waals surface area contributed by atoms with Crippen LogP contribution >= 0.6 is 0 Å². The van der Waals surface area contributed by atoms with Crippen LogP contribution in [-0.4, -0.2) is 52.6 Å². The minimum Gasteiger partial charge on any atom is -0.360 e. The fraction of sp³-hybridized carbons (Fsp3) is 0.778. The molecule has 0 spiro atoms. The molecule has 0 aromatic carbocycles. The minimum absolute atomic E-state index is 0.0441. The van der Waals surface area contributed by atoms with Gasteiger partial charge in [-0.15, -0.1) is 0 Å². The Morgan fingerprint density at radius 2 is 2.09 bits per heavy atom. The van der Waals surface area contributed by atoms with Crippen molar-refractivity contribution in [2.45, 2.75) is 64.0 Å². The number of amides is 1. The molecule has 1 amide bonds. The zero-order chi connectivity index (χ0) is 16.0. The largest absolute Gasteiger partial charge is 0.360 e. The second-order valence-corrected chi connectivity index (χ2v) is 7.75. The minimum atomic E-state index is 0.0441. The SMILES string of the molecule is CC(C)c1cc(C(=O)N2CCC3C(CCCN3C3CC3)C2)no1. The Bertz CT molecular complexity index is 579. The molecule has 23 heavy (non-hydrogen) atoms. The van der Waals surface area contributed by atoms with Gasteiger partial charge in [-0.05, 0) is 44.6 Å². The lowest BCUT2D eigenvalue weighted by Crippen LogP contribution is -2.55. The van der Waals surface area contributed by atoms with E-state index in [1.807, 2.05) is 11.0 Å². The molecule has 0 radical (unpaired) electrons. The molecule has 5 heteroatoms. The van der Waals surface area contributed by atoms with Crippen molar-refractivity contribution in [3.8, 4) is 0 Å². The standard InChI is InChI=1S/C18H27N3O2/c1-12(2)17-10-15(19-23-17)18(22)20-9-7-16-13(11-20)4-3-8-21(16)14-5-6-14/h10,12-14,16H,3-9,11H2,1-2H3. The van der Waals surface area contributed by atoms with Crippen molar-refractivity contribution in [2.75, 3.05) is 19.6 Å². The van der Waals surface area contributed by atoms with Crippen LogP contribution in [0, 0.1) is 5.92 Å². The molecule has 2 atom stereocenters. The summed E-state index contributed by atoms with van der Waals surface area (Å²) in [5.41, 5.74) is 0.474. The molecular formula is C18H27N3O2. The molecule has 1 aromatic heterocycles. The molecular weight excluding hydrogens is 290 g/mol. The Morgan fingerprint density at radius 3 is 2.78 bits per heavy atom. The molecule has 3 fully saturated rings. The molecule has 2 aliphatic heterocycles. The average molecular weight is 317 g/mol. The molecule has 1 aliphatic carbocycles. The molecule has 0 N–H and O–H groups in total. The van der Waals surface area contributed by atoms with Crippen molar-refractivity contribution < 1.29 is 9.32 Å². The molecule has 3 heterocycles.